The molecule has 1 aromatic heterocycles. The number of carbonyl (C=O) groups excluding carboxylic acids is 1. The molecule has 0 atom stereocenters. The number of benzene rings is 2. The Morgan fingerprint density at radius 1 is 1.00 bits per heavy atom. The van der Waals surface area contributed by atoms with E-state index in [1.165, 1.54) is 0 Å². The van der Waals surface area contributed by atoms with Crippen molar-refractivity contribution in [2.24, 2.45) is 0 Å². The van der Waals surface area contributed by atoms with Gasteiger partial charge in [-0.1, -0.05) is 6.07 Å². The number of aromatic nitrogens is 1. The second-order valence-corrected chi connectivity index (χ2v) is 8.48. The molecule has 2 aromatic carbocycles. The third-order valence-electron chi connectivity index (χ3n) is 5.97. The molecule has 0 saturated carbocycles. The van der Waals surface area contributed by atoms with E-state index in [-0.39, 0.29) is 5.91 Å². The van der Waals surface area contributed by atoms with Crippen molar-refractivity contribution in [2.75, 3.05) is 58.1 Å². The lowest BCUT2D eigenvalue weighted by Gasteiger charge is -2.27. The lowest BCUT2D eigenvalue weighted by Crippen LogP contribution is -2.42. The zero-order chi connectivity index (χ0) is 25.3. The molecule has 4 rings (SSSR count). The average Bonchev–Trinajstić information content (AvgIpc) is 2.92. The lowest BCUT2D eigenvalue weighted by molar-refractivity contribution is 0.102. The number of methoxy groups -OCH3 is 2. The fourth-order valence-corrected chi connectivity index (χ4v) is 4.17. The zero-order valence-electron chi connectivity index (χ0n) is 21.0. The Bertz CT molecular complexity index is 1180. The fourth-order valence-electron chi connectivity index (χ4n) is 4.17. The first-order valence-electron chi connectivity index (χ1n) is 11.9. The number of hydrogen-bond acceptors (Lipinski definition) is 8. The first-order chi connectivity index (χ1) is 17.6. The fraction of sp³-hybridized carbons (Fsp3) is 0.333. The van der Waals surface area contributed by atoms with Crippen LogP contribution in [0.1, 0.15) is 21.5 Å². The molecule has 1 amide bonds. The summed E-state index contributed by atoms with van der Waals surface area (Å²) in [6.45, 7) is 5.04. The smallest absolute Gasteiger partial charge is 0.255 e. The van der Waals surface area contributed by atoms with Gasteiger partial charge in [0.25, 0.3) is 5.91 Å². The van der Waals surface area contributed by atoms with E-state index in [2.05, 4.69) is 31.9 Å². The van der Waals surface area contributed by atoms with Crippen LogP contribution in [0.3, 0.4) is 0 Å². The zero-order valence-corrected chi connectivity index (χ0v) is 21.0. The molecule has 1 fully saturated rings. The molecule has 0 radical (unpaired) electrons. The molecule has 0 bridgehead atoms. The summed E-state index contributed by atoms with van der Waals surface area (Å²) in [5, 5.41) is 9.47. The Morgan fingerprint density at radius 3 is 2.53 bits per heavy atom. The van der Waals surface area contributed by atoms with Gasteiger partial charge in [0.1, 0.15) is 6.61 Å². The predicted octanol–water partition coefficient (Wildman–Crippen LogP) is 3.38. The number of pyridine rings is 1. The van der Waals surface area contributed by atoms with Crippen LogP contribution in [-0.4, -0.2) is 63.2 Å². The number of carbonyl (C=O) groups is 1. The number of nitrogens with one attached hydrogen (secondary N) is 3. The minimum absolute atomic E-state index is 0.230. The highest BCUT2D eigenvalue weighted by Crippen LogP contribution is 2.28. The highest BCUT2D eigenvalue weighted by Gasteiger charge is 2.15. The molecule has 0 spiro atoms. The summed E-state index contributed by atoms with van der Waals surface area (Å²) in [4.78, 5) is 19.8. The number of nitrogens with zero attached hydrogens (tertiary/aromatic N) is 2. The first kappa shape index (κ1) is 25.3. The van der Waals surface area contributed by atoms with Crippen molar-refractivity contribution in [2.45, 2.75) is 13.2 Å². The van der Waals surface area contributed by atoms with E-state index in [0.29, 0.717) is 40.9 Å². The summed E-state index contributed by atoms with van der Waals surface area (Å²) in [5.74, 6) is 2.19. The molecule has 190 valence electrons. The van der Waals surface area contributed by atoms with E-state index in [1.807, 2.05) is 31.3 Å². The van der Waals surface area contributed by atoms with Gasteiger partial charge in [0.15, 0.2) is 23.1 Å². The van der Waals surface area contributed by atoms with Crippen LogP contribution in [-0.2, 0) is 13.2 Å². The van der Waals surface area contributed by atoms with E-state index in [1.54, 1.807) is 38.6 Å². The third-order valence-corrected chi connectivity index (χ3v) is 5.97. The predicted molar refractivity (Wildman–Crippen MR) is 140 cm³/mol. The molecule has 9 nitrogen and oxygen atoms in total. The quantitative estimate of drug-likeness (QED) is 0.397. The van der Waals surface area contributed by atoms with Crippen LogP contribution in [0.25, 0.3) is 0 Å². The molecule has 2 heterocycles. The monoisotopic (exact) mass is 491 g/mol. The average molecular weight is 492 g/mol. The Morgan fingerprint density at radius 2 is 1.78 bits per heavy atom. The van der Waals surface area contributed by atoms with E-state index in [9.17, 15) is 4.79 Å². The minimum atomic E-state index is -0.230. The maximum atomic E-state index is 13.1. The van der Waals surface area contributed by atoms with E-state index < -0.39 is 0 Å². The van der Waals surface area contributed by atoms with Gasteiger partial charge in [-0.25, -0.2) is 4.98 Å². The van der Waals surface area contributed by atoms with Crippen LogP contribution >= 0.6 is 0 Å². The van der Waals surface area contributed by atoms with Gasteiger partial charge in [0.05, 0.1) is 14.2 Å². The Balaban J connectivity index is 1.56. The number of hydrogen-bond donors (Lipinski definition) is 3. The van der Waals surface area contributed by atoms with E-state index >= 15 is 0 Å². The van der Waals surface area contributed by atoms with Gasteiger partial charge in [-0.15, -0.1) is 0 Å². The molecule has 3 N–H and O–H groups in total. The second-order valence-electron chi connectivity index (χ2n) is 8.48. The first-order valence-corrected chi connectivity index (χ1v) is 11.9. The molecule has 0 unspecified atom stereocenters. The molecule has 1 aliphatic heterocycles. The van der Waals surface area contributed by atoms with Gasteiger partial charge in [0.2, 0.25) is 0 Å². The minimum Gasteiger partial charge on any atom is -0.493 e. The molecule has 1 aliphatic rings. The molecule has 1 saturated heterocycles. The molecule has 3 aromatic rings. The van der Waals surface area contributed by atoms with Crippen LogP contribution < -0.4 is 30.2 Å². The van der Waals surface area contributed by atoms with Crippen molar-refractivity contribution in [3.8, 4) is 17.2 Å². The van der Waals surface area contributed by atoms with Crippen molar-refractivity contribution >= 4 is 17.4 Å². The number of rotatable bonds is 10. The Labute approximate surface area is 211 Å². The highest BCUT2D eigenvalue weighted by molar-refractivity contribution is 6.04. The summed E-state index contributed by atoms with van der Waals surface area (Å²) in [7, 11) is 4.92. The molecular formula is C27H33N5O4. The summed E-state index contributed by atoms with van der Waals surface area (Å²) >= 11 is 0. The van der Waals surface area contributed by atoms with Gasteiger partial charge in [-0.05, 0) is 53.6 Å². The standard InChI is InChI=1S/C27H33N5O4/c1-28-26-24(5-4-8-30-26)36-18-20-13-19(17-32-11-9-29-10-12-32)14-22(15-20)31-27(33)21-6-7-23(34-2)25(16-21)35-3/h4-8,13-16,29H,9-12,17-18H2,1-3H3,(H,28,30)(H,31,33). The number of ether oxygens (including phenoxy) is 3. The van der Waals surface area contributed by atoms with Crippen molar-refractivity contribution in [1.82, 2.24) is 15.2 Å². The summed E-state index contributed by atoms with van der Waals surface area (Å²) in [5.41, 5.74) is 3.25. The number of amides is 1. The van der Waals surface area contributed by atoms with Crippen LogP contribution in [0, 0.1) is 0 Å². The van der Waals surface area contributed by atoms with Crippen LogP contribution in [0.5, 0.6) is 17.2 Å². The maximum absolute atomic E-state index is 13.1. The number of piperazine rings is 1. The SMILES string of the molecule is CNc1ncccc1OCc1cc(CN2CCNCC2)cc(NC(=O)c2ccc(OC)c(OC)c2)c1. The second kappa shape index (κ2) is 12.2. The maximum Gasteiger partial charge on any atom is 0.255 e. The van der Waals surface area contributed by atoms with Crippen molar-refractivity contribution in [3.63, 3.8) is 0 Å². The van der Waals surface area contributed by atoms with Gasteiger partial charge >= 0.3 is 0 Å². The normalized spacial score (nSPS) is 13.6. The molecule has 0 aliphatic carbocycles. The van der Waals surface area contributed by atoms with Gasteiger partial charge in [0, 0.05) is 57.2 Å². The van der Waals surface area contributed by atoms with Gasteiger partial charge in [-0.2, -0.15) is 0 Å². The third kappa shape index (κ3) is 6.44. The Kier molecular flexibility index (Phi) is 8.59. The summed E-state index contributed by atoms with van der Waals surface area (Å²) in [6.07, 6.45) is 1.72. The van der Waals surface area contributed by atoms with Crippen molar-refractivity contribution in [1.29, 1.82) is 0 Å². The van der Waals surface area contributed by atoms with E-state index in [4.69, 9.17) is 14.2 Å². The van der Waals surface area contributed by atoms with Gasteiger partial charge < -0.3 is 30.2 Å². The summed E-state index contributed by atoms with van der Waals surface area (Å²) < 4.78 is 16.7. The number of anilines is 2. The van der Waals surface area contributed by atoms with Crippen LogP contribution in [0.2, 0.25) is 0 Å². The molecule has 9 heteroatoms. The van der Waals surface area contributed by atoms with Gasteiger partial charge in [-0.3, -0.25) is 9.69 Å². The largest absolute Gasteiger partial charge is 0.493 e. The van der Waals surface area contributed by atoms with Crippen LogP contribution in [0.15, 0.2) is 54.7 Å². The summed E-state index contributed by atoms with van der Waals surface area (Å²) in [6, 6.07) is 14.9. The Hall–Kier alpha value is -3.82. The topological polar surface area (TPSA) is 97.0 Å². The van der Waals surface area contributed by atoms with Crippen molar-refractivity contribution in [3.05, 3.63) is 71.4 Å². The lowest BCUT2D eigenvalue weighted by atomic mass is 10.1. The molecular weight excluding hydrogens is 458 g/mol. The van der Waals surface area contributed by atoms with E-state index in [0.717, 1.165) is 43.9 Å². The molecule has 36 heavy (non-hydrogen) atoms. The van der Waals surface area contributed by atoms with Crippen molar-refractivity contribution < 1.29 is 19.0 Å². The van der Waals surface area contributed by atoms with Crippen LogP contribution in [0.4, 0.5) is 11.5 Å². The highest BCUT2D eigenvalue weighted by atomic mass is 16.5.